The van der Waals surface area contributed by atoms with E-state index in [0.717, 1.165) is 10.5 Å². The maximum Gasteiger partial charge on any atom is 0.412 e. The fourth-order valence-electron chi connectivity index (χ4n) is 4.28. The molecule has 1 N–H and O–H groups in total. The predicted octanol–water partition coefficient (Wildman–Crippen LogP) is 5.16. The predicted molar refractivity (Wildman–Crippen MR) is 138 cm³/mol. The maximum atomic E-state index is 13.7. The highest BCUT2D eigenvalue weighted by molar-refractivity contribution is 6.30. The van der Waals surface area contributed by atoms with Crippen molar-refractivity contribution in [3.05, 3.63) is 92.6 Å². The van der Waals surface area contributed by atoms with Crippen LogP contribution >= 0.6 is 11.6 Å². The summed E-state index contributed by atoms with van der Waals surface area (Å²) in [5.74, 6) is -1.24. The van der Waals surface area contributed by atoms with Crippen molar-refractivity contribution in [2.75, 3.05) is 11.4 Å². The molecule has 0 aliphatic carbocycles. The summed E-state index contributed by atoms with van der Waals surface area (Å²) in [6, 6.07) is 13.4. The first-order chi connectivity index (χ1) is 17.5. The average Bonchev–Trinajstić information content (AvgIpc) is 2.83. The molecule has 0 bridgehead atoms. The summed E-state index contributed by atoms with van der Waals surface area (Å²) in [6.07, 6.45) is 0.104. The van der Waals surface area contributed by atoms with Crippen LogP contribution in [0.3, 0.4) is 0 Å². The van der Waals surface area contributed by atoms with Crippen molar-refractivity contribution in [3.8, 4) is 5.75 Å². The molecule has 2 amide bonds. The van der Waals surface area contributed by atoms with Crippen molar-refractivity contribution in [2.45, 2.75) is 46.0 Å². The molecule has 0 saturated carbocycles. The van der Waals surface area contributed by atoms with E-state index in [0.29, 0.717) is 12.1 Å². The molecule has 1 aromatic heterocycles. The summed E-state index contributed by atoms with van der Waals surface area (Å²) in [5.41, 5.74) is -0.286. The number of carboxylic acid groups (broad SMARTS) is 1. The van der Waals surface area contributed by atoms with Gasteiger partial charge in [-0.25, -0.2) is 9.18 Å². The minimum atomic E-state index is -1.30. The molecular weight excluding hydrogens is 501 g/mol. The lowest BCUT2D eigenvalue weighted by atomic mass is 10.0. The van der Waals surface area contributed by atoms with Crippen molar-refractivity contribution in [1.82, 2.24) is 9.47 Å². The van der Waals surface area contributed by atoms with Crippen molar-refractivity contribution >= 4 is 29.3 Å². The smallest absolute Gasteiger partial charge is 0.412 e. The van der Waals surface area contributed by atoms with E-state index < -0.39 is 28.8 Å². The van der Waals surface area contributed by atoms with Crippen LogP contribution in [0.1, 0.15) is 42.4 Å². The van der Waals surface area contributed by atoms with E-state index in [-0.39, 0.29) is 41.8 Å². The van der Waals surface area contributed by atoms with Gasteiger partial charge in [-0.05, 0) is 44.0 Å². The fraction of sp³-hybridized carbons (Fsp3) is 0.296. The number of pyridine rings is 1. The van der Waals surface area contributed by atoms with Crippen LogP contribution in [0.4, 0.5) is 14.9 Å². The van der Waals surface area contributed by atoms with Crippen LogP contribution in [0.25, 0.3) is 0 Å². The molecule has 4 rings (SSSR count). The number of benzene rings is 2. The van der Waals surface area contributed by atoms with Crippen molar-refractivity contribution in [2.24, 2.45) is 0 Å². The zero-order valence-corrected chi connectivity index (χ0v) is 21.5. The lowest BCUT2D eigenvalue weighted by Crippen LogP contribution is -2.49. The van der Waals surface area contributed by atoms with Gasteiger partial charge < -0.3 is 19.3 Å². The topological polar surface area (TPSA) is 92.1 Å². The molecule has 0 spiro atoms. The highest BCUT2D eigenvalue weighted by atomic mass is 35.5. The highest BCUT2D eigenvalue weighted by Gasteiger charge is 2.36. The van der Waals surface area contributed by atoms with Crippen molar-refractivity contribution in [1.29, 1.82) is 0 Å². The van der Waals surface area contributed by atoms with E-state index in [9.17, 15) is 23.9 Å². The van der Waals surface area contributed by atoms with Gasteiger partial charge in [-0.3, -0.25) is 14.5 Å². The zero-order chi connectivity index (χ0) is 26.9. The quantitative estimate of drug-likeness (QED) is 0.478. The monoisotopic (exact) mass is 527 g/mol. The Kier molecular flexibility index (Phi) is 7.27. The molecule has 0 fully saturated rings. The second-order valence-electron chi connectivity index (χ2n) is 9.75. The molecule has 10 heteroatoms. The normalized spacial score (nSPS) is 13.3. The lowest BCUT2D eigenvalue weighted by molar-refractivity contribution is 0.0680. The number of halogens is 2. The molecule has 2 aromatic carbocycles. The molecule has 37 heavy (non-hydrogen) atoms. The minimum Gasteiger partial charge on any atom is -0.482 e. The molecule has 0 unspecified atom stereocenters. The number of amides is 2. The van der Waals surface area contributed by atoms with Crippen LogP contribution in [-0.2, 0) is 19.7 Å². The highest BCUT2D eigenvalue weighted by Crippen LogP contribution is 2.29. The number of anilines is 1. The number of fused-ring (bicyclic) bond motifs is 1. The van der Waals surface area contributed by atoms with Gasteiger partial charge in [0, 0.05) is 31.4 Å². The molecule has 1 aliphatic rings. The number of hydrogen-bond acceptors (Lipinski definition) is 4. The first-order valence-corrected chi connectivity index (χ1v) is 12.1. The number of nitrogens with zero attached hydrogens (tertiary/aromatic N) is 3. The SMILES string of the molecule is CC(C)(C)N(C(=O)O)c1cn2c(c(OCc3ccccc3)c1=O)C(=O)N(Cc1ccc(F)c(Cl)c1)CC2. The van der Waals surface area contributed by atoms with Crippen LogP contribution in [0, 0.1) is 5.82 Å². The molecule has 0 atom stereocenters. The van der Waals surface area contributed by atoms with E-state index in [4.69, 9.17) is 16.3 Å². The molecule has 3 aromatic rings. The Morgan fingerprint density at radius 2 is 1.81 bits per heavy atom. The van der Waals surface area contributed by atoms with E-state index in [1.807, 2.05) is 30.3 Å². The summed E-state index contributed by atoms with van der Waals surface area (Å²) >= 11 is 5.91. The number of carbonyl (C=O) groups excluding carboxylic acids is 1. The van der Waals surface area contributed by atoms with Gasteiger partial charge >= 0.3 is 6.09 Å². The summed E-state index contributed by atoms with van der Waals surface area (Å²) in [7, 11) is 0. The van der Waals surface area contributed by atoms with E-state index >= 15 is 0 Å². The van der Waals surface area contributed by atoms with Crippen LogP contribution in [0.2, 0.25) is 5.02 Å². The van der Waals surface area contributed by atoms with E-state index in [1.165, 1.54) is 23.2 Å². The van der Waals surface area contributed by atoms with Crippen LogP contribution < -0.4 is 15.1 Å². The second-order valence-corrected chi connectivity index (χ2v) is 10.2. The van der Waals surface area contributed by atoms with Gasteiger partial charge in [-0.2, -0.15) is 0 Å². The molecule has 2 heterocycles. The lowest BCUT2D eigenvalue weighted by Gasteiger charge is -2.35. The summed E-state index contributed by atoms with van der Waals surface area (Å²) in [5, 5.41) is 9.86. The Labute approximate surface area is 218 Å². The summed E-state index contributed by atoms with van der Waals surface area (Å²) in [6.45, 7) is 5.76. The zero-order valence-electron chi connectivity index (χ0n) is 20.7. The third kappa shape index (κ3) is 5.46. The fourth-order valence-corrected chi connectivity index (χ4v) is 4.49. The van der Waals surface area contributed by atoms with Gasteiger partial charge in [0.2, 0.25) is 5.43 Å². The Bertz CT molecular complexity index is 1400. The van der Waals surface area contributed by atoms with E-state index in [2.05, 4.69) is 0 Å². The van der Waals surface area contributed by atoms with Crippen LogP contribution in [0.5, 0.6) is 5.75 Å². The average molecular weight is 528 g/mol. The summed E-state index contributed by atoms with van der Waals surface area (Å²) < 4.78 is 21.1. The third-order valence-corrected chi connectivity index (χ3v) is 6.30. The number of carbonyl (C=O) groups is 2. The molecule has 0 saturated heterocycles. The molecule has 1 aliphatic heterocycles. The van der Waals surface area contributed by atoms with Crippen LogP contribution in [0.15, 0.2) is 59.5 Å². The number of hydrogen-bond donors (Lipinski definition) is 1. The van der Waals surface area contributed by atoms with Crippen molar-refractivity contribution < 1.29 is 23.8 Å². The van der Waals surface area contributed by atoms with Gasteiger partial charge in [-0.15, -0.1) is 0 Å². The number of rotatable bonds is 6. The Balaban J connectivity index is 1.79. The minimum absolute atomic E-state index is 0.00989. The maximum absolute atomic E-state index is 13.7. The van der Waals surface area contributed by atoms with E-state index in [1.54, 1.807) is 31.4 Å². The standard InChI is InChI=1S/C27H27ClFN3O5/c1-27(2,3)32(26(35)36)21-15-30-11-12-31(14-18-9-10-20(29)19(28)13-18)25(34)22(30)24(23(21)33)37-16-17-7-5-4-6-8-17/h4-10,13,15H,11-12,14,16H2,1-3H3,(H,35,36). The molecular formula is C27H27ClFN3O5. The molecule has 194 valence electrons. The van der Waals surface area contributed by atoms with Gasteiger partial charge in [-0.1, -0.05) is 48.0 Å². The molecule has 8 nitrogen and oxygen atoms in total. The Morgan fingerprint density at radius 1 is 1.11 bits per heavy atom. The number of ether oxygens (including phenoxy) is 1. The van der Waals surface area contributed by atoms with Gasteiger partial charge in [0.05, 0.1) is 5.02 Å². The van der Waals surface area contributed by atoms with Gasteiger partial charge in [0.25, 0.3) is 5.91 Å². The van der Waals surface area contributed by atoms with Crippen LogP contribution in [-0.4, -0.2) is 38.7 Å². The third-order valence-electron chi connectivity index (χ3n) is 6.01. The Hall–Kier alpha value is -3.85. The first-order valence-electron chi connectivity index (χ1n) is 11.7. The van der Waals surface area contributed by atoms with Gasteiger partial charge in [0.1, 0.15) is 18.1 Å². The Morgan fingerprint density at radius 3 is 2.43 bits per heavy atom. The number of aromatic nitrogens is 1. The largest absolute Gasteiger partial charge is 0.482 e. The first kappa shape index (κ1) is 26.2. The summed E-state index contributed by atoms with van der Waals surface area (Å²) in [4.78, 5) is 41.9. The van der Waals surface area contributed by atoms with Crippen molar-refractivity contribution in [3.63, 3.8) is 0 Å². The second kappa shape index (κ2) is 10.3. The molecule has 0 radical (unpaired) electrons. The van der Waals surface area contributed by atoms with Gasteiger partial charge in [0.15, 0.2) is 11.4 Å².